The summed E-state index contributed by atoms with van der Waals surface area (Å²) < 4.78 is 15.8. The molecule has 6 nitrogen and oxygen atoms in total. The monoisotopic (exact) mass is 353 g/mol. The number of likely N-dealkylation sites (tertiary alicyclic amines) is 1. The number of carbonyl (C=O) groups is 2. The van der Waals surface area contributed by atoms with E-state index in [2.05, 4.69) is 0 Å². The molecular weight excluding hydrogens is 334 g/mol. The first kappa shape index (κ1) is 16.9. The van der Waals surface area contributed by atoms with Crippen molar-refractivity contribution in [3.05, 3.63) is 22.7 Å². The first-order valence-corrected chi connectivity index (χ1v) is 8.53. The van der Waals surface area contributed by atoms with Gasteiger partial charge in [0.25, 0.3) is 5.91 Å². The van der Waals surface area contributed by atoms with E-state index in [4.69, 9.17) is 25.8 Å². The summed E-state index contributed by atoms with van der Waals surface area (Å²) in [5.74, 6) is 0.0609. The zero-order valence-electron chi connectivity index (χ0n) is 13.5. The molecule has 0 saturated carbocycles. The topological polar surface area (TPSA) is 65.1 Å². The predicted molar refractivity (Wildman–Crippen MR) is 87.5 cm³/mol. The predicted octanol–water partition coefficient (Wildman–Crippen LogP) is 3.02. The molecule has 2 heterocycles. The molecule has 24 heavy (non-hydrogen) atoms. The first-order valence-electron chi connectivity index (χ1n) is 8.15. The van der Waals surface area contributed by atoms with E-state index < -0.39 is 12.1 Å². The van der Waals surface area contributed by atoms with Crippen LogP contribution in [-0.2, 0) is 9.53 Å². The van der Waals surface area contributed by atoms with Crippen LogP contribution >= 0.6 is 11.6 Å². The molecule has 0 aliphatic carbocycles. The fraction of sp³-hybridized carbons (Fsp3) is 0.529. The Morgan fingerprint density at radius 2 is 1.88 bits per heavy atom. The molecule has 0 spiro atoms. The van der Waals surface area contributed by atoms with Gasteiger partial charge < -0.3 is 19.1 Å². The lowest BCUT2D eigenvalue weighted by molar-refractivity contribution is -0.139. The minimum absolute atomic E-state index is 0.0669. The zero-order chi connectivity index (χ0) is 17.1. The lowest BCUT2D eigenvalue weighted by Gasteiger charge is -2.24. The normalized spacial score (nSPS) is 18.0. The number of rotatable bonds is 3. The van der Waals surface area contributed by atoms with Gasteiger partial charge in [-0.05, 0) is 31.9 Å². The van der Waals surface area contributed by atoms with Gasteiger partial charge in [0.2, 0.25) is 6.79 Å². The van der Waals surface area contributed by atoms with Crippen molar-refractivity contribution in [2.45, 2.75) is 38.7 Å². The molecule has 2 aliphatic rings. The molecule has 0 unspecified atom stereocenters. The Hall–Kier alpha value is -1.95. The van der Waals surface area contributed by atoms with Gasteiger partial charge in [-0.15, -0.1) is 0 Å². The maximum absolute atomic E-state index is 12.4. The van der Waals surface area contributed by atoms with E-state index in [9.17, 15) is 9.59 Å². The summed E-state index contributed by atoms with van der Waals surface area (Å²) in [6.45, 7) is 3.10. The fourth-order valence-electron chi connectivity index (χ4n) is 2.91. The van der Waals surface area contributed by atoms with Gasteiger partial charge in [0.1, 0.15) is 0 Å². The van der Waals surface area contributed by atoms with E-state index in [1.54, 1.807) is 11.8 Å². The lowest BCUT2D eigenvalue weighted by Crippen LogP contribution is -2.40. The third-order valence-electron chi connectivity index (χ3n) is 4.21. The molecular formula is C17H20ClNO5. The van der Waals surface area contributed by atoms with Crippen molar-refractivity contribution < 1.29 is 23.8 Å². The second-order valence-electron chi connectivity index (χ2n) is 5.98. The summed E-state index contributed by atoms with van der Waals surface area (Å²) in [5, 5.41) is 0.281. The summed E-state index contributed by atoms with van der Waals surface area (Å²) in [6, 6.07) is 2.97. The highest BCUT2D eigenvalue weighted by molar-refractivity contribution is 6.32. The Labute approximate surface area is 145 Å². The van der Waals surface area contributed by atoms with E-state index >= 15 is 0 Å². The Balaban J connectivity index is 1.65. The van der Waals surface area contributed by atoms with Gasteiger partial charge in [0.05, 0.1) is 10.6 Å². The number of hydrogen-bond donors (Lipinski definition) is 0. The van der Waals surface area contributed by atoms with Crippen molar-refractivity contribution in [3.8, 4) is 11.5 Å². The number of carbonyl (C=O) groups excluding carboxylic acids is 2. The number of esters is 1. The van der Waals surface area contributed by atoms with E-state index in [1.165, 1.54) is 12.1 Å². The van der Waals surface area contributed by atoms with Crippen molar-refractivity contribution in [1.29, 1.82) is 0 Å². The molecule has 0 radical (unpaired) electrons. The van der Waals surface area contributed by atoms with Crippen LogP contribution in [-0.4, -0.2) is 42.8 Å². The Kier molecular flexibility index (Phi) is 5.14. The standard InChI is InChI=1S/C17H20ClNO5/c1-11(16(20)19-6-4-2-3-5-7-19)24-17(21)12-8-13(18)15-14(9-12)22-10-23-15/h8-9,11H,2-7,10H2,1H3/t11-/m1/s1. The molecule has 1 atom stereocenters. The van der Waals surface area contributed by atoms with Crippen LogP contribution in [0.4, 0.5) is 0 Å². The van der Waals surface area contributed by atoms with Crippen molar-refractivity contribution in [1.82, 2.24) is 4.90 Å². The average molecular weight is 354 g/mol. The molecule has 0 aromatic heterocycles. The highest BCUT2D eigenvalue weighted by Crippen LogP contribution is 2.39. The highest BCUT2D eigenvalue weighted by Gasteiger charge is 2.27. The highest BCUT2D eigenvalue weighted by atomic mass is 35.5. The van der Waals surface area contributed by atoms with Crippen LogP contribution in [0.25, 0.3) is 0 Å². The van der Waals surface area contributed by atoms with E-state index in [0.717, 1.165) is 38.8 Å². The van der Waals surface area contributed by atoms with Crippen molar-refractivity contribution in [2.24, 2.45) is 0 Å². The molecule has 1 fully saturated rings. The minimum Gasteiger partial charge on any atom is -0.454 e. The van der Waals surface area contributed by atoms with Gasteiger partial charge in [-0.25, -0.2) is 4.79 Å². The summed E-state index contributed by atoms with van der Waals surface area (Å²) >= 11 is 6.07. The molecule has 130 valence electrons. The molecule has 7 heteroatoms. The molecule has 1 saturated heterocycles. The first-order chi connectivity index (χ1) is 11.6. The van der Waals surface area contributed by atoms with Crippen molar-refractivity contribution >= 4 is 23.5 Å². The summed E-state index contributed by atoms with van der Waals surface area (Å²) in [6.07, 6.45) is 3.41. The van der Waals surface area contributed by atoms with Crippen LogP contribution in [0.1, 0.15) is 43.0 Å². The molecule has 1 amide bonds. The van der Waals surface area contributed by atoms with Gasteiger partial charge >= 0.3 is 5.97 Å². The summed E-state index contributed by atoms with van der Waals surface area (Å²) in [4.78, 5) is 26.5. The molecule has 0 bridgehead atoms. The maximum atomic E-state index is 12.4. The van der Waals surface area contributed by atoms with E-state index in [-0.39, 0.29) is 23.3 Å². The van der Waals surface area contributed by atoms with Crippen LogP contribution in [0.3, 0.4) is 0 Å². The molecule has 1 aromatic rings. The average Bonchev–Trinajstić information content (AvgIpc) is 2.88. The largest absolute Gasteiger partial charge is 0.454 e. The number of ether oxygens (including phenoxy) is 3. The lowest BCUT2D eigenvalue weighted by atomic mass is 10.2. The summed E-state index contributed by atoms with van der Waals surface area (Å²) in [5.41, 5.74) is 0.236. The van der Waals surface area contributed by atoms with Gasteiger partial charge in [-0.2, -0.15) is 0 Å². The van der Waals surface area contributed by atoms with Crippen LogP contribution in [0, 0.1) is 0 Å². The van der Waals surface area contributed by atoms with Crippen LogP contribution < -0.4 is 9.47 Å². The van der Waals surface area contributed by atoms with Gasteiger partial charge in [0.15, 0.2) is 17.6 Å². The van der Waals surface area contributed by atoms with Crippen molar-refractivity contribution in [2.75, 3.05) is 19.9 Å². The third-order valence-corrected chi connectivity index (χ3v) is 4.49. The Morgan fingerprint density at radius 3 is 2.58 bits per heavy atom. The smallest absolute Gasteiger partial charge is 0.339 e. The number of nitrogens with zero attached hydrogens (tertiary/aromatic N) is 1. The minimum atomic E-state index is -0.834. The molecule has 0 N–H and O–H groups in total. The second kappa shape index (κ2) is 7.30. The Morgan fingerprint density at radius 1 is 1.17 bits per heavy atom. The number of amides is 1. The number of halogens is 1. The molecule has 1 aromatic carbocycles. The quantitative estimate of drug-likeness (QED) is 0.781. The second-order valence-corrected chi connectivity index (χ2v) is 6.39. The fourth-order valence-corrected chi connectivity index (χ4v) is 3.18. The van der Waals surface area contributed by atoms with Crippen LogP contribution in [0.2, 0.25) is 5.02 Å². The zero-order valence-corrected chi connectivity index (χ0v) is 14.3. The van der Waals surface area contributed by atoms with Crippen LogP contribution in [0.5, 0.6) is 11.5 Å². The van der Waals surface area contributed by atoms with E-state index in [0.29, 0.717) is 11.5 Å². The number of hydrogen-bond acceptors (Lipinski definition) is 5. The SMILES string of the molecule is C[C@@H](OC(=O)c1cc(Cl)c2c(c1)OCO2)C(=O)N1CCCCCC1. The molecule has 2 aliphatic heterocycles. The van der Waals surface area contributed by atoms with Gasteiger partial charge in [0, 0.05) is 13.1 Å². The number of fused-ring (bicyclic) bond motifs is 1. The third kappa shape index (κ3) is 3.59. The van der Waals surface area contributed by atoms with Crippen LogP contribution in [0.15, 0.2) is 12.1 Å². The number of benzene rings is 1. The summed E-state index contributed by atoms with van der Waals surface area (Å²) in [7, 11) is 0. The Bertz CT molecular complexity index is 640. The van der Waals surface area contributed by atoms with Gasteiger partial charge in [-0.1, -0.05) is 24.4 Å². The van der Waals surface area contributed by atoms with Crippen molar-refractivity contribution in [3.63, 3.8) is 0 Å². The van der Waals surface area contributed by atoms with E-state index in [1.807, 2.05) is 0 Å². The molecule has 3 rings (SSSR count). The van der Waals surface area contributed by atoms with Gasteiger partial charge in [-0.3, -0.25) is 4.79 Å². The maximum Gasteiger partial charge on any atom is 0.339 e.